The van der Waals surface area contributed by atoms with E-state index < -0.39 is 11.1 Å². The van der Waals surface area contributed by atoms with Crippen LogP contribution in [0, 0.1) is 10.8 Å². The molecule has 1 aromatic carbocycles. The molecule has 0 aliphatic heterocycles. The highest BCUT2D eigenvalue weighted by Crippen LogP contribution is 2.43. The normalized spacial score (nSPS) is 14.8. The van der Waals surface area contributed by atoms with E-state index in [0.29, 0.717) is 5.92 Å². The van der Waals surface area contributed by atoms with Crippen LogP contribution in [0.4, 0.5) is 0 Å². The Kier molecular flexibility index (Phi) is 8.56. The fourth-order valence-corrected chi connectivity index (χ4v) is 2.99. The van der Waals surface area contributed by atoms with Crippen LogP contribution >= 0.6 is 0 Å². The van der Waals surface area contributed by atoms with Crippen molar-refractivity contribution in [2.75, 3.05) is 7.11 Å². The van der Waals surface area contributed by atoms with Gasteiger partial charge in [-0.1, -0.05) is 67.5 Å². The monoisotopic (exact) mass is 326 g/mol. The molecule has 0 aromatic heterocycles. The van der Waals surface area contributed by atoms with Gasteiger partial charge in [0.25, 0.3) is 0 Å². The second-order valence-electron chi connectivity index (χ2n) is 7.65. The zero-order chi connectivity index (χ0) is 17.6. The minimum Gasteiger partial charge on any atom is -0.290 e. The Morgan fingerprint density at radius 1 is 1.00 bits per heavy atom. The smallest absolute Gasteiger partial charge is 0.188 e. The van der Waals surface area contributed by atoms with Crippen molar-refractivity contribution in [3.05, 3.63) is 29.8 Å². The summed E-state index contributed by atoms with van der Waals surface area (Å²) in [6, 6.07) is 8.01. The number of hydrogen-bond acceptors (Lipinski definition) is 2. The summed E-state index contributed by atoms with van der Waals surface area (Å²) < 4.78 is 16.5. The molecule has 0 heterocycles. The highest BCUT2D eigenvalue weighted by atomic mass is 32.2. The van der Waals surface area contributed by atoms with Crippen molar-refractivity contribution in [1.29, 1.82) is 0 Å². The molecule has 0 bridgehead atoms. The fraction of sp³-hybridized carbons (Fsp3) is 0.684. The maximum atomic E-state index is 11.6. The fourth-order valence-electron chi connectivity index (χ4n) is 2.44. The predicted molar refractivity (Wildman–Crippen MR) is 97.5 cm³/mol. The average molecular weight is 327 g/mol. The molecule has 0 radical (unpaired) electrons. The summed E-state index contributed by atoms with van der Waals surface area (Å²) in [5, 5.41) is 0. The third-order valence-corrected chi connectivity index (χ3v) is 4.45. The Balaban J connectivity index is 0.00000211. The lowest BCUT2D eigenvalue weighted by molar-refractivity contribution is 0.229. The summed E-state index contributed by atoms with van der Waals surface area (Å²) >= 11 is -1.35. The van der Waals surface area contributed by atoms with E-state index >= 15 is 0 Å². The number of benzene rings is 1. The summed E-state index contributed by atoms with van der Waals surface area (Å²) in [6.45, 7) is 17.7. The Labute approximate surface area is 140 Å². The van der Waals surface area contributed by atoms with Gasteiger partial charge in [-0.2, -0.15) is 0 Å². The van der Waals surface area contributed by atoms with Crippen LogP contribution in [-0.2, 0) is 15.3 Å². The largest absolute Gasteiger partial charge is 0.290 e. The standard InChI is InChI=1S/C17H28O2S.C2H6/c1-16(2,3)12-15(17(4,5)6)13-8-10-14(11-9-13)20(18)19-7;1-2/h8-11,15H,12H2,1-7H3;1-2H3. The summed E-state index contributed by atoms with van der Waals surface area (Å²) in [4.78, 5) is 0.722. The van der Waals surface area contributed by atoms with Gasteiger partial charge in [-0.25, -0.2) is 4.21 Å². The summed E-state index contributed by atoms with van der Waals surface area (Å²) in [5.41, 5.74) is 1.80. The first-order valence-corrected chi connectivity index (χ1v) is 9.18. The quantitative estimate of drug-likeness (QED) is 0.683. The molecular weight excluding hydrogens is 292 g/mol. The first-order chi connectivity index (χ1) is 10.0. The van der Waals surface area contributed by atoms with E-state index in [9.17, 15) is 4.21 Å². The lowest BCUT2D eigenvalue weighted by Crippen LogP contribution is -2.23. The molecule has 1 rings (SSSR count). The van der Waals surface area contributed by atoms with Gasteiger partial charge in [-0.05, 0) is 40.9 Å². The van der Waals surface area contributed by atoms with Crippen LogP contribution in [0.2, 0.25) is 0 Å². The van der Waals surface area contributed by atoms with Crippen molar-refractivity contribution in [1.82, 2.24) is 0 Å². The minimum absolute atomic E-state index is 0.204. The zero-order valence-corrected chi connectivity index (χ0v) is 16.6. The molecule has 0 fully saturated rings. The van der Waals surface area contributed by atoms with Crippen molar-refractivity contribution in [3.8, 4) is 0 Å². The lowest BCUT2D eigenvalue weighted by Gasteiger charge is -2.36. The minimum atomic E-state index is -1.35. The van der Waals surface area contributed by atoms with Crippen LogP contribution in [0.1, 0.15) is 73.3 Å². The van der Waals surface area contributed by atoms with E-state index in [1.165, 1.54) is 12.7 Å². The molecule has 0 N–H and O–H groups in total. The SMILES string of the molecule is CC.COS(=O)c1ccc(C(CC(C)(C)C)C(C)(C)C)cc1. The van der Waals surface area contributed by atoms with Gasteiger partial charge >= 0.3 is 0 Å². The topological polar surface area (TPSA) is 26.3 Å². The summed E-state index contributed by atoms with van der Waals surface area (Å²) in [7, 11) is 1.46. The van der Waals surface area contributed by atoms with Crippen molar-refractivity contribution >= 4 is 11.1 Å². The van der Waals surface area contributed by atoms with Gasteiger partial charge in [0.15, 0.2) is 11.1 Å². The molecule has 0 saturated heterocycles. The van der Waals surface area contributed by atoms with Gasteiger partial charge in [-0.3, -0.25) is 4.18 Å². The summed E-state index contributed by atoms with van der Waals surface area (Å²) in [5.74, 6) is 0.479. The van der Waals surface area contributed by atoms with Crippen molar-refractivity contribution in [3.63, 3.8) is 0 Å². The van der Waals surface area contributed by atoms with Crippen molar-refractivity contribution in [2.24, 2.45) is 10.8 Å². The van der Waals surface area contributed by atoms with E-state index in [1.54, 1.807) is 0 Å². The molecule has 2 atom stereocenters. The molecular formula is C19H34O2S. The van der Waals surface area contributed by atoms with Crippen molar-refractivity contribution in [2.45, 2.75) is 72.6 Å². The van der Waals surface area contributed by atoms with Crippen LogP contribution < -0.4 is 0 Å². The van der Waals surface area contributed by atoms with Gasteiger partial charge in [-0.15, -0.1) is 0 Å². The van der Waals surface area contributed by atoms with Crippen LogP contribution in [0.25, 0.3) is 0 Å². The van der Waals surface area contributed by atoms with E-state index in [4.69, 9.17) is 4.18 Å². The summed E-state index contributed by atoms with van der Waals surface area (Å²) in [6.07, 6.45) is 1.13. The Morgan fingerprint density at radius 3 is 1.77 bits per heavy atom. The number of hydrogen-bond donors (Lipinski definition) is 0. The third-order valence-electron chi connectivity index (χ3n) is 3.49. The van der Waals surface area contributed by atoms with Crippen LogP contribution in [0.5, 0.6) is 0 Å². The molecule has 2 nitrogen and oxygen atoms in total. The first kappa shape index (κ1) is 21.3. The lowest BCUT2D eigenvalue weighted by atomic mass is 9.69. The first-order valence-electron chi connectivity index (χ1n) is 8.11. The van der Waals surface area contributed by atoms with E-state index in [1.807, 2.05) is 26.0 Å². The maximum Gasteiger partial charge on any atom is 0.188 e. The zero-order valence-electron chi connectivity index (χ0n) is 15.8. The average Bonchev–Trinajstić information content (AvgIpc) is 2.44. The molecule has 0 aliphatic carbocycles. The van der Waals surface area contributed by atoms with Crippen molar-refractivity contribution < 1.29 is 8.39 Å². The highest BCUT2D eigenvalue weighted by Gasteiger charge is 2.30. The molecule has 128 valence electrons. The Morgan fingerprint density at radius 2 is 1.45 bits per heavy atom. The Hall–Kier alpha value is -0.670. The molecule has 0 amide bonds. The predicted octanol–water partition coefficient (Wildman–Crippen LogP) is 5.95. The van der Waals surface area contributed by atoms with E-state index in [2.05, 4.69) is 53.7 Å². The third kappa shape index (κ3) is 7.06. The number of rotatable bonds is 4. The molecule has 2 unspecified atom stereocenters. The van der Waals surface area contributed by atoms with Crippen LogP contribution in [0.3, 0.4) is 0 Å². The highest BCUT2D eigenvalue weighted by molar-refractivity contribution is 7.80. The van der Waals surface area contributed by atoms with Gasteiger partial charge in [0, 0.05) is 0 Å². The second-order valence-corrected chi connectivity index (χ2v) is 8.93. The molecule has 3 heteroatoms. The van der Waals surface area contributed by atoms with Gasteiger partial charge in [0.05, 0.1) is 12.0 Å². The second kappa shape index (κ2) is 8.83. The molecule has 1 aromatic rings. The van der Waals surface area contributed by atoms with Crippen LogP contribution in [0.15, 0.2) is 29.2 Å². The van der Waals surface area contributed by atoms with Gasteiger partial charge in [0.1, 0.15) is 0 Å². The molecule has 0 aliphatic rings. The van der Waals surface area contributed by atoms with E-state index in [0.717, 1.165) is 11.3 Å². The molecule has 0 saturated carbocycles. The van der Waals surface area contributed by atoms with E-state index in [-0.39, 0.29) is 10.8 Å². The Bertz CT molecular complexity index is 450. The van der Waals surface area contributed by atoms with Gasteiger partial charge in [0.2, 0.25) is 0 Å². The van der Waals surface area contributed by atoms with Gasteiger partial charge < -0.3 is 0 Å². The molecule has 22 heavy (non-hydrogen) atoms. The molecule has 0 spiro atoms. The maximum absolute atomic E-state index is 11.6. The van der Waals surface area contributed by atoms with Crippen LogP contribution in [-0.4, -0.2) is 11.3 Å².